The molecule has 2 aromatic rings. The zero-order valence-electron chi connectivity index (χ0n) is 17.3. The predicted molar refractivity (Wildman–Crippen MR) is 132 cm³/mol. The van der Waals surface area contributed by atoms with E-state index in [2.05, 4.69) is 69.0 Å². The van der Waals surface area contributed by atoms with Crippen molar-refractivity contribution in [2.75, 3.05) is 41.8 Å². The first-order chi connectivity index (χ1) is 14.0. The Morgan fingerprint density at radius 2 is 1.79 bits per heavy atom. The van der Waals surface area contributed by atoms with Crippen LogP contribution in [-0.2, 0) is 11.3 Å². The number of hydrogen-bond donors (Lipinski definition) is 1. The van der Waals surface area contributed by atoms with E-state index < -0.39 is 0 Å². The van der Waals surface area contributed by atoms with Gasteiger partial charge in [-0.3, -0.25) is 4.79 Å². The van der Waals surface area contributed by atoms with Crippen LogP contribution in [0.3, 0.4) is 0 Å². The van der Waals surface area contributed by atoms with Gasteiger partial charge in [-0.2, -0.15) is 0 Å². The molecule has 2 heterocycles. The molecular formula is C23H29ClIN3O. The molecule has 1 saturated heterocycles. The molecule has 1 amide bonds. The molecule has 29 heavy (non-hydrogen) atoms. The first-order valence-corrected chi connectivity index (χ1v) is 12.6. The molecule has 0 spiro atoms. The lowest BCUT2D eigenvalue weighted by Crippen LogP contribution is -2.31. The quantitative estimate of drug-likeness (QED) is 0.423. The second-order valence-corrected chi connectivity index (χ2v) is 8.15. The van der Waals surface area contributed by atoms with E-state index >= 15 is 0 Å². The molecule has 2 aliphatic heterocycles. The number of nitrogens with zero attached hydrogens (tertiary/aromatic N) is 2. The highest BCUT2D eigenvalue weighted by molar-refractivity contribution is 14.1. The average Bonchev–Trinajstić information content (AvgIpc) is 3.24. The van der Waals surface area contributed by atoms with Gasteiger partial charge in [0.25, 0.3) is 0 Å². The maximum atomic E-state index is 11.3. The van der Waals surface area contributed by atoms with Crippen molar-refractivity contribution >= 4 is 51.5 Å². The Labute approximate surface area is 192 Å². The fourth-order valence-corrected chi connectivity index (χ4v) is 4.59. The van der Waals surface area contributed by atoms with Gasteiger partial charge in [0, 0.05) is 55.4 Å². The molecule has 0 aromatic heterocycles. The lowest BCUT2D eigenvalue weighted by molar-refractivity contribution is -0.114. The molecule has 4 nitrogen and oxygen atoms in total. The van der Waals surface area contributed by atoms with Gasteiger partial charge in [-0.05, 0) is 65.8 Å². The number of alkyl halides is 1. The lowest BCUT2D eigenvalue weighted by Gasteiger charge is -2.34. The summed E-state index contributed by atoms with van der Waals surface area (Å²) in [5.74, 6) is 0.234. The fourth-order valence-electron chi connectivity index (χ4n) is 4.31. The number of fused-ring (bicyclic) bond motifs is 1. The summed E-state index contributed by atoms with van der Waals surface area (Å²) in [4.78, 5) is 18.0. The minimum absolute atomic E-state index is 0.0486. The molecule has 1 fully saturated rings. The third-order valence-corrected chi connectivity index (χ3v) is 5.95. The van der Waals surface area contributed by atoms with Gasteiger partial charge >= 0.3 is 0 Å². The molecule has 6 heteroatoms. The Bertz CT molecular complexity index is 850. The van der Waals surface area contributed by atoms with E-state index in [1.807, 2.05) is 17.1 Å². The van der Waals surface area contributed by atoms with Gasteiger partial charge in [-0.15, -0.1) is 0 Å². The molecule has 0 saturated carbocycles. The normalized spacial score (nSPS) is 18.7. The van der Waals surface area contributed by atoms with Gasteiger partial charge in [-0.1, -0.05) is 46.3 Å². The first-order valence-electron chi connectivity index (χ1n) is 10.0. The summed E-state index contributed by atoms with van der Waals surface area (Å²) in [6.07, 6.45) is 2.51. The van der Waals surface area contributed by atoms with E-state index in [1.54, 1.807) is 0 Å². The zero-order chi connectivity index (χ0) is 21.0. The SMILES string of the molecule is CC(=O)Nc1ccc(C2CN(C)Cc3c(Cl)cc(N4CCCC4)cc32)cc1.CI. The number of nitrogens with one attached hydrogen (secondary N) is 1. The maximum Gasteiger partial charge on any atom is 0.221 e. The lowest BCUT2D eigenvalue weighted by atomic mass is 9.84. The summed E-state index contributed by atoms with van der Waals surface area (Å²) in [5.41, 5.74) is 5.92. The topological polar surface area (TPSA) is 35.6 Å². The van der Waals surface area contributed by atoms with E-state index in [0.29, 0.717) is 0 Å². The molecule has 0 bridgehead atoms. The van der Waals surface area contributed by atoms with Crippen LogP contribution >= 0.6 is 34.2 Å². The molecular weight excluding hydrogens is 497 g/mol. The van der Waals surface area contributed by atoms with Crippen molar-refractivity contribution in [3.05, 3.63) is 58.1 Å². The number of amides is 1. The minimum atomic E-state index is -0.0486. The van der Waals surface area contributed by atoms with E-state index in [9.17, 15) is 4.79 Å². The number of carbonyl (C=O) groups excluding carboxylic acids is 1. The zero-order valence-corrected chi connectivity index (χ0v) is 20.3. The van der Waals surface area contributed by atoms with Crippen molar-refractivity contribution in [3.63, 3.8) is 0 Å². The smallest absolute Gasteiger partial charge is 0.221 e. The van der Waals surface area contributed by atoms with Crippen molar-refractivity contribution in [1.82, 2.24) is 4.90 Å². The Kier molecular flexibility index (Phi) is 7.82. The maximum absolute atomic E-state index is 11.3. The highest BCUT2D eigenvalue weighted by atomic mass is 127. The van der Waals surface area contributed by atoms with E-state index in [-0.39, 0.29) is 11.8 Å². The Balaban J connectivity index is 0.00000117. The number of benzene rings is 2. The molecule has 1 unspecified atom stereocenters. The summed E-state index contributed by atoms with van der Waals surface area (Å²) >= 11 is 8.88. The van der Waals surface area contributed by atoms with Crippen LogP contribution in [0.25, 0.3) is 0 Å². The van der Waals surface area contributed by atoms with Crippen molar-refractivity contribution < 1.29 is 4.79 Å². The number of rotatable bonds is 3. The predicted octanol–water partition coefficient (Wildman–Crippen LogP) is 5.53. The van der Waals surface area contributed by atoms with Gasteiger partial charge < -0.3 is 15.1 Å². The molecule has 2 aliphatic rings. The summed E-state index contributed by atoms with van der Waals surface area (Å²) in [7, 11) is 2.15. The van der Waals surface area contributed by atoms with E-state index in [0.717, 1.165) is 36.9 Å². The van der Waals surface area contributed by atoms with Crippen LogP contribution in [0, 0.1) is 0 Å². The van der Waals surface area contributed by atoms with Crippen LogP contribution in [0.15, 0.2) is 36.4 Å². The monoisotopic (exact) mass is 525 g/mol. The summed E-state index contributed by atoms with van der Waals surface area (Å²) in [5, 5.41) is 3.72. The van der Waals surface area contributed by atoms with Gasteiger partial charge in [0.05, 0.1) is 0 Å². The molecule has 1 N–H and O–H groups in total. The largest absolute Gasteiger partial charge is 0.371 e. The second kappa shape index (κ2) is 10.1. The minimum Gasteiger partial charge on any atom is -0.371 e. The molecule has 4 rings (SSSR count). The average molecular weight is 526 g/mol. The highest BCUT2D eigenvalue weighted by Gasteiger charge is 2.28. The van der Waals surface area contributed by atoms with Crippen molar-refractivity contribution in [2.24, 2.45) is 0 Å². The number of likely N-dealkylation sites (N-methyl/N-ethyl adjacent to an activating group) is 1. The van der Waals surface area contributed by atoms with Crippen molar-refractivity contribution in [3.8, 4) is 0 Å². The number of anilines is 2. The van der Waals surface area contributed by atoms with Gasteiger partial charge in [0.15, 0.2) is 0 Å². The molecule has 1 atom stereocenters. The van der Waals surface area contributed by atoms with E-state index in [4.69, 9.17) is 11.6 Å². The van der Waals surface area contributed by atoms with Gasteiger partial charge in [-0.25, -0.2) is 0 Å². The fraction of sp³-hybridized carbons (Fsp3) is 0.435. The third-order valence-electron chi connectivity index (χ3n) is 5.62. The molecule has 2 aromatic carbocycles. The highest BCUT2D eigenvalue weighted by Crippen LogP contribution is 2.40. The summed E-state index contributed by atoms with van der Waals surface area (Å²) in [6.45, 7) is 5.61. The van der Waals surface area contributed by atoms with Crippen LogP contribution in [0.2, 0.25) is 5.02 Å². The van der Waals surface area contributed by atoms with Crippen LogP contribution in [0.4, 0.5) is 11.4 Å². The third kappa shape index (κ3) is 5.25. The van der Waals surface area contributed by atoms with Crippen LogP contribution in [0.1, 0.15) is 42.4 Å². The second-order valence-electron chi connectivity index (χ2n) is 7.74. The van der Waals surface area contributed by atoms with Crippen LogP contribution in [0.5, 0.6) is 0 Å². The number of carbonyl (C=O) groups is 1. The number of halogens is 2. The van der Waals surface area contributed by atoms with E-state index in [1.165, 1.54) is 42.1 Å². The molecule has 156 valence electrons. The Hall–Kier alpha value is -1.31. The summed E-state index contributed by atoms with van der Waals surface area (Å²) in [6, 6.07) is 12.7. The Morgan fingerprint density at radius 1 is 1.14 bits per heavy atom. The van der Waals surface area contributed by atoms with Gasteiger partial charge in [0.2, 0.25) is 5.91 Å². The Morgan fingerprint density at radius 3 is 2.41 bits per heavy atom. The van der Waals surface area contributed by atoms with Crippen molar-refractivity contribution in [1.29, 1.82) is 0 Å². The summed E-state index contributed by atoms with van der Waals surface area (Å²) < 4.78 is 0. The van der Waals surface area contributed by atoms with Crippen molar-refractivity contribution in [2.45, 2.75) is 32.2 Å². The molecule has 0 radical (unpaired) electrons. The van der Waals surface area contributed by atoms with Crippen LogP contribution in [-0.4, -0.2) is 42.4 Å². The standard InChI is InChI=1S/C22H26ClN3O.CH3I/c1-15(27)24-17-7-5-16(6-8-17)20-13-25(2)14-21-19(20)11-18(12-22(21)23)26-9-3-4-10-26;1-2/h5-8,11-12,20H,3-4,9-10,13-14H2,1-2H3,(H,24,27);1H3. The van der Waals surface area contributed by atoms with Gasteiger partial charge in [0.1, 0.15) is 0 Å². The first kappa shape index (κ1) is 22.4. The molecule has 0 aliphatic carbocycles. The number of hydrogen-bond acceptors (Lipinski definition) is 3. The van der Waals surface area contributed by atoms with Crippen LogP contribution < -0.4 is 10.2 Å².